The number of rotatable bonds is 0. The zero-order valence-electron chi connectivity index (χ0n) is 5.84. The number of hydrogen-bond donors (Lipinski definition) is 1. The smallest absolute Gasteiger partial charge is 0.209 e. The molecule has 0 radical (unpaired) electrons. The number of fused-ring (bicyclic) bond motifs is 1. The van der Waals surface area contributed by atoms with Crippen molar-refractivity contribution in [2.75, 3.05) is 0 Å². The SMILES string of the molecule is Oc1sc2ccc(Cl)cc2c1F. The van der Waals surface area contributed by atoms with Gasteiger partial charge in [-0.3, -0.25) is 0 Å². The van der Waals surface area contributed by atoms with Crippen LogP contribution in [0.2, 0.25) is 5.02 Å². The molecule has 0 amide bonds. The van der Waals surface area contributed by atoms with Gasteiger partial charge in [0, 0.05) is 15.1 Å². The fourth-order valence-electron chi connectivity index (χ4n) is 1.03. The van der Waals surface area contributed by atoms with Crippen LogP contribution in [0.15, 0.2) is 18.2 Å². The highest BCUT2D eigenvalue weighted by molar-refractivity contribution is 7.20. The zero-order chi connectivity index (χ0) is 8.72. The van der Waals surface area contributed by atoms with E-state index in [4.69, 9.17) is 16.7 Å². The van der Waals surface area contributed by atoms with Gasteiger partial charge in [0.2, 0.25) is 5.06 Å². The average molecular weight is 203 g/mol. The Morgan fingerprint density at radius 1 is 1.42 bits per heavy atom. The van der Waals surface area contributed by atoms with Crippen molar-refractivity contribution in [3.63, 3.8) is 0 Å². The van der Waals surface area contributed by atoms with Gasteiger partial charge in [-0.15, -0.1) is 0 Å². The van der Waals surface area contributed by atoms with Gasteiger partial charge in [0.05, 0.1) is 0 Å². The van der Waals surface area contributed by atoms with Crippen LogP contribution in [0.3, 0.4) is 0 Å². The topological polar surface area (TPSA) is 20.2 Å². The van der Waals surface area contributed by atoms with Crippen molar-refractivity contribution in [3.8, 4) is 5.06 Å². The van der Waals surface area contributed by atoms with Crippen molar-refractivity contribution in [3.05, 3.63) is 29.0 Å². The Kier molecular flexibility index (Phi) is 1.70. The van der Waals surface area contributed by atoms with E-state index in [9.17, 15) is 4.39 Å². The van der Waals surface area contributed by atoms with Crippen molar-refractivity contribution in [1.29, 1.82) is 0 Å². The van der Waals surface area contributed by atoms with Crippen LogP contribution in [0.4, 0.5) is 4.39 Å². The molecular formula is C8H4ClFOS. The van der Waals surface area contributed by atoms with Crippen LogP contribution in [0.25, 0.3) is 10.1 Å². The van der Waals surface area contributed by atoms with Gasteiger partial charge in [0.15, 0.2) is 5.82 Å². The lowest BCUT2D eigenvalue weighted by Gasteiger charge is -1.89. The van der Waals surface area contributed by atoms with E-state index in [1.807, 2.05) is 0 Å². The third-order valence-corrected chi connectivity index (χ3v) is 2.76. The van der Waals surface area contributed by atoms with Crippen molar-refractivity contribution < 1.29 is 9.50 Å². The summed E-state index contributed by atoms with van der Waals surface area (Å²) in [5.74, 6) is -0.586. The molecule has 0 aliphatic heterocycles. The van der Waals surface area contributed by atoms with Crippen LogP contribution in [0.1, 0.15) is 0 Å². The largest absolute Gasteiger partial charge is 0.497 e. The van der Waals surface area contributed by atoms with Crippen LogP contribution >= 0.6 is 22.9 Å². The second kappa shape index (κ2) is 2.61. The van der Waals surface area contributed by atoms with Gasteiger partial charge in [0.25, 0.3) is 0 Å². The molecule has 0 saturated carbocycles. The highest BCUT2D eigenvalue weighted by atomic mass is 35.5. The van der Waals surface area contributed by atoms with E-state index in [-0.39, 0.29) is 5.06 Å². The van der Waals surface area contributed by atoms with Gasteiger partial charge in [-0.2, -0.15) is 0 Å². The lowest BCUT2D eigenvalue weighted by Crippen LogP contribution is -1.69. The first kappa shape index (κ1) is 7.83. The molecule has 62 valence electrons. The minimum absolute atomic E-state index is 0.285. The maximum absolute atomic E-state index is 13.0. The van der Waals surface area contributed by atoms with E-state index in [0.29, 0.717) is 15.1 Å². The van der Waals surface area contributed by atoms with E-state index >= 15 is 0 Å². The summed E-state index contributed by atoms with van der Waals surface area (Å²) in [7, 11) is 0. The van der Waals surface area contributed by atoms with Gasteiger partial charge in [-0.25, -0.2) is 4.39 Å². The number of halogens is 2. The third-order valence-electron chi connectivity index (χ3n) is 1.57. The summed E-state index contributed by atoms with van der Waals surface area (Å²) in [4.78, 5) is 0. The second-order valence-corrected chi connectivity index (χ2v) is 3.83. The Bertz CT molecular complexity index is 438. The zero-order valence-corrected chi connectivity index (χ0v) is 7.42. The molecule has 1 aromatic carbocycles. The van der Waals surface area contributed by atoms with Crippen LogP contribution in [-0.2, 0) is 0 Å². The fourth-order valence-corrected chi connectivity index (χ4v) is 2.00. The molecule has 0 unspecified atom stereocenters. The monoisotopic (exact) mass is 202 g/mol. The first-order valence-electron chi connectivity index (χ1n) is 3.25. The summed E-state index contributed by atoms with van der Waals surface area (Å²) in [5.41, 5.74) is 0. The first-order valence-corrected chi connectivity index (χ1v) is 4.44. The third kappa shape index (κ3) is 1.06. The van der Waals surface area contributed by atoms with Crippen LogP contribution < -0.4 is 0 Å². The van der Waals surface area contributed by atoms with Crippen LogP contribution in [0.5, 0.6) is 5.06 Å². The maximum Gasteiger partial charge on any atom is 0.209 e. The molecule has 2 aromatic rings. The van der Waals surface area contributed by atoms with E-state index < -0.39 is 5.82 Å². The molecule has 0 aliphatic rings. The van der Waals surface area contributed by atoms with Gasteiger partial charge in [0.1, 0.15) is 0 Å². The lowest BCUT2D eigenvalue weighted by atomic mass is 10.2. The van der Waals surface area contributed by atoms with E-state index in [1.54, 1.807) is 12.1 Å². The molecule has 2 rings (SSSR count). The highest BCUT2D eigenvalue weighted by Gasteiger charge is 2.10. The minimum Gasteiger partial charge on any atom is -0.497 e. The normalized spacial score (nSPS) is 10.8. The number of benzene rings is 1. The molecule has 0 fully saturated rings. The van der Waals surface area contributed by atoms with Crippen LogP contribution in [-0.4, -0.2) is 5.11 Å². The van der Waals surface area contributed by atoms with E-state index in [0.717, 1.165) is 11.3 Å². The Morgan fingerprint density at radius 3 is 2.92 bits per heavy atom. The number of thiophene rings is 1. The average Bonchev–Trinajstić information content (AvgIpc) is 2.31. The summed E-state index contributed by atoms with van der Waals surface area (Å²) in [6.45, 7) is 0. The summed E-state index contributed by atoms with van der Waals surface area (Å²) < 4.78 is 13.7. The second-order valence-electron chi connectivity index (χ2n) is 2.36. The van der Waals surface area contributed by atoms with Gasteiger partial charge < -0.3 is 5.11 Å². The number of hydrogen-bond acceptors (Lipinski definition) is 2. The van der Waals surface area contributed by atoms with Gasteiger partial charge in [-0.1, -0.05) is 22.9 Å². The summed E-state index contributed by atoms with van der Waals surface area (Å²) >= 11 is 6.67. The molecule has 1 heterocycles. The van der Waals surface area contributed by atoms with E-state index in [1.165, 1.54) is 6.07 Å². The molecule has 4 heteroatoms. The molecule has 0 aliphatic carbocycles. The molecule has 0 atom stereocenters. The Hall–Kier alpha value is -0.800. The molecule has 1 aromatic heterocycles. The summed E-state index contributed by atoms with van der Waals surface area (Å²) in [6, 6.07) is 4.85. The predicted octanol–water partition coefficient (Wildman–Crippen LogP) is 3.40. The Balaban J connectivity index is 2.88. The fraction of sp³-hybridized carbons (Fsp3) is 0. The molecular weight excluding hydrogens is 199 g/mol. The Labute approximate surface area is 77.0 Å². The first-order chi connectivity index (χ1) is 5.68. The molecule has 0 spiro atoms. The summed E-state index contributed by atoms with van der Waals surface area (Å²) in [6.07, 6.45) is 0. The van der Waals surface area contributed by atoms with Crippen molar-refractivity contribution in [2.24, 2.45) is 0 Å². The van der Waals surface area contributed by atoms with Gasteiger partial charge in [-0.05, 0) is 18.2 Å². The molecule has 0 bridgehead atoms. The standard InChI is InChI=1S/C8H4ClFOS/c9-4-1-2-6-5(3-4)7(10)8(11)12-6/h1-3,11H. The molecule has 1 nitrogen and oxygen atoms in total. The van der Waals surface area contributed by atoms with Gasteiger partial charge >= 0.3 is 0 Å². The predicted molar refractivity (Wildman–Crippen MR) is 48.5 cm³/mol. The van der Waals surface area contributed by atoms with E-state index in [2.05, 4.69) is 0 Å². The minimum atomic E-state index is -0.586. The van der Waals surface area contributed by atoms with Crippen molar-refractivity contribution in [2.45, 2.75) is 0 Å². The lowest BCUT2D eigenvalue weighted by molar-refractivity contribution is 0.452. The highest BCUT2D eigenvalue weighted by Crippen LogP contribution is 2.35. The Morgan fingerprint density at radius 2 is 2.17 bits per heavy atom. The van der Waals surface area contributed by atoms with Crippen LogP contribution in [0, 0.1) is 5.82 Å². The van der Waals surface area contributed by atoms with Crippen molar-refractivity contribution in [1.82, 2.24) is 0 Å². The molecule has 0 saturated heterocycles. The summed E-state index contributed by atoms with van der Waals surface area (Å²) in [5, 5.41) is 9.60. The number of aromatic hydroxyl groups is 1. The molecule has 12 heavy (non-hydrogen) atoms. The maximum atomic E-state index is 13.0. The molecule has 1 N–H and O–H groups in total. The quantitative estimate of drug-likeness (QED) is 0.694. The van der Waals surface area contributed by atoms with Crippen molar-refractivity contribution >= 4 is 33.0 Å².